The molecule has 2 aromatic carbocycles. The summed E-state index contributed by atoms with van der Waals surface area (Å²) in [6.45, 7) is 9.16. The maximum absolute atomic E-state index is 14.5. The molecule has 3 heterocycles. The Kier molecular flexibility index (Phi) is 6.65. The number of benzene rings is 2. The van der Waals surface area contributed by atoms with Crippen molar-refractivity contribution in [1.29, 1.82) is 0 Å². The van der Waals surface area contributed by atoms with Gasteiger partial charge < -0.3 is 14.4 Å². The van der Waals surface area contributed by atoms with Crippen molar-refractivity contribution in [1.82, 2.24) is 19.3 Å². The van der Waals surface area contributed by atoms with E-state index in [1.165, 1.54) is 13.2 Å². The second-order valence-electron chi connectivity index (χ2n) is 9.40. The SMILES string of the molecule is C=CC(=O)N1CC[C@@H](c2nc(-c3ccc(Oc4cccc(OC)c4F)cc3)c3cncc(C(C)C)n23)C1. The highest BCUT2D eigenvalue weighted by molar-refractivity contribution is 5.87. The van der Waals surface area contributed by atoms with E-state index in [0.29, 0.717) is 18.8 Å². The number of hydrogen-bond acceptors (Lipinski definition) is 5. The van der Waals surface area contributed by atoms with Crippen molar-refractivity contribution in [3.05, 3.63) is 84.8 Å². The highest BCUT2D eigenvalue weighted by atomic mass is 19.1. The number of ether oxygens (including phenoxy) is 2. The van der Waals surface area contributed by atoms with Gasteiger partial charge in [-0.1, -0.05) is 26.5 Å². The summed E-state index contributed by atoms with van der Waals surface area (Å²) in [6, 6.07) is 12.2. The van der Waals surface area contributed by atoms with Gasteiger partial charge in [0.15, 0.2) is 11.5 Å². The molecular weight excluding hydrogens is 471 g/mol. The fourth-order valence-electron chi connectivity index (χ4n) is 4.81. The minimum atomic E-state index is -0.549. The first kappa shape index (κ1) is 24.5. The first-order chi connectivity index (χ1) is 17.9. The van der Waals surface area contributed by atoms with Crippen molar-refractivity contribution in [2.45, 2.75) is 32.1 Å². The highest BCUT2D eigenvalue weighted by Gasteiger charge is 2.31. The fraction of sp³-hybridized carbons (Fsp3) is 0.276. The Labute approximate surface area is 215 Å². The van der Waals surface area contributed by atoms with E-state index in [2.05, 4.69) is 29.8 Å². The van der Waals surface area contributed by atoms with Crippen LogP contribution in [-0.4, -0.2) is 45.4 Å². The number of methoxy groups -OCH3 is 1. The molecule has 37 heavy (non-hydrogen) atoms. The Morgan fingerprint density at radius 2 is 1.92 bits per heavy atom. The zero-order chi connectivity index (χ0) is 26.1. The van der Waals surface area contributed by atoms with E-state index in [4.69, 9.17) is 14.5 Å². The van der Waals surface area contributed by atoms with Gasteiger partial charge in [-0.15, -0.1) is 0 Å². The van der Waals surface area contributed by atoms with Gasteiger partial charge in [-0.3, -0.25) is 14.2 Å². The number of amides is 1. The van der Waals surface area contributed by atoms with Gasteiger partial charge in [-0.05, 0) is 54.8 Å². The number of fused-ring (bicyclic) bond motifs is 1. The Hall–Kier alpha value is -4.20. The average molecular weight is 501 g/mol. The molecule has 0 spiro atoms. The molecule has 0 saturated carbocycles. The Morgan fingerprint density at radius 1 is 1.16 bits per heavy atom. The first-order valence-corrected chi connectivity index (χ1v) is 12.3. The van der Waals surface area contributed by atoms with Gasteiger partial charge in [0, 0.05) is 36.5 Å². The Morgan fingerprint density at radius 3 is 2.62 bits per heavy atom. The lowest BCUT2D eigenvalue weighted by Crippen LogP contribution is -2.26. The third-order valence-electron chi connectivity index (χ3n) is 6.74. The zero-order valence-corrected chi connectivity index (χ0v) is 21.1. The molecule has 0 N–H and O–H groups in total. The molecule has 1 aliphatic rings. The van der Waals surface area contributed by atoms with Crippen LogP contribution in [0.3, 0.4) is 0 Å². The highest BCUT2D eigenvalue weighted by Crippen LogP contribution is 2.36. The summed E-state index contributed by atoms with van der Waals surface area (Å²) in [4.78, 5) is 23.6. The molecule has 2 aromatic heterocycles. The second-order valence-corrected chi connectivity index (χ2v) is 9.40. The van der Waals surface area contributed by atoms with Gasteiger partial charge in [0.2, 0.25) is 11.7 Å². The molecule has 4 aromatic rings. The van der Waals surface area contributed by atoms with Crippen LogP contribution in [0.1, 0.15) is 43.6 Å². The second kappa shape index (κ2) is 10.0. The van der Waals surface area contributed by atoms with Crippen LogP contribution < -0.4 is 9.47 Å². The van der Waals surface area contributed by atoms with E-state index >= 15 is 0 Å². The number of aromatic nitrogens is 3. The summed E-state index contributed by atoms with van der Waals surface area (Å²) >= 11 is 0. The minimum absolute atomic E-state index is 0.0580. The molecule has 0 unspecified atom stereocenters. The Bertz CT molecular complexity index is 1460. The molecular formula is C29H29FN4O3. The van der Waals surface area contributed by atoms with Crippen molar-refractivity contribution in [2.75, 3.05) is 20.2 Å². The summed E-state index contributed by atoms with van der Waals surface area (Å²) in [6.07, 6.45) is 5.90. The molecule has 1 aliphatic heterocycles. The lowest BCUT2D eigenvalue weighted by atomic mass is 10.1. The predicted octanol–water partition coefficient (Wildman–Crippen LogP) is 5.96. The van der Waals surface area contributed by atoms with Gasteiger partial charge in [-0.25, -0.2) is 4.98 Å². The largest absolute Gasteiger partial charge is 0.494 e. The van der Waals surface area contributed by atoms with Crippen molar-refractivity contribution < 1.29 is 18.7 Å². The average Bonchev–Trinajstić information content (AvgIpc) is 3.55. The minimum Gasteiger partial charge on any atom is -0.494 e. The third-order valence-corrected chi connectivity index (χ3v) is 6.74. The summed E-state index contributed by atoms with van der Waals surface area (Å²) in [5.41, 5.74) is 3.66. The van der Waals surface area contributed by atoms with Crippen LogP contribution in [0.25, 0.3) is 16.8 Å². The van der Waals surface area contributed by atoms with Crippen LogP contribution in [0, 0.1) is 5.82 Å². The third kappa shape index (κ3) is 4.55. The topological polar surface area (TPSA) is 69.0 Å². The number of halogens is 1. The standard InChI is InChI=1S/C29H29FN4O3/c1-5-26(35)33-14-13-20(17-33)29-32-28(23-16-31-15-22(18(2)3)34(23)29)19-9-11-21(12-10-19)37-25-8-6-7-24(36-4)27(25)30/h5-12,15-16,18,20H,1,13-14,17H2,2-4H3/t20-/m1/s1. The van der Waals surface area contributed by atoms with Gasteiger partial charge in [-0.2, -0.15) is 4.39 Å². The smallest absolute Gasteiger partial charge is 0.245 e. The van der Waals surface area contributed by atoms with E-state index in [1.807, 2.05) is 29.4 Å². The molecule has 5 rings (SSSR count). The van der Waals surface area contributed by atoms with Crippen LogP contribution in [0.4, 0.5) is 4.39 Å². The van der Waals surface area contributed by atoms with Crippen molar-refractivity contribution >= 4 is 11.4 Å². The van der Waals surface area contributed by atoms with Crippen molar-refractivity contribution in [2.24, 2.45) is 0 Å². The van der Waals surface area contributed by atoms with Gasteiger partial charge >= 0.3 is 0 Å². The maximum Gasteiger partial charge on any atom is 0.245 e. The molecule has 0 bridgehead atoms. The zero-order valence-electron chi connectivity index (χ0n) is 21.1. The number of carbonyl (C=O) groups excluding carboxylic acids is 1. The number of carbonyl (C=O) groups is 1. The van der Waals surface area contributed by atoms with Crippen LogP contribution in [0.2, 0.25) is 0 Å². The van der Waals surface area contributed by atoms with E-state index < -0.39 is 5.82 Å². The van der Waals surface area contributed by atoms with Crippen LogP contribution in [0.5, 0.6) is 17.2 Å². The number of hydrogen-bond donors (Lipinski definition) is 0. The Balaban J connectivity index is 1.51. The van der Waals surface area contributed by atoms with Crippen LogP contribution >= 0.6 is 0 Å². The normalized spacial score (nSPS) is 15.4. The molecule has 1 atom stereocenters. The van der Waals surface area contributed by atoms with E-state index in [9.17, 15) is 9.18 Å². The molecule has 7 nitrogen and oxygen atoms in total. The summed E-state index contributed by atoms with van der Waals surface area (Å²) in [5, 5.41) is 0. The number of imidazole rings is 1. The number of likely N-dealkylation sites (tertiary alicyclic amines) is 1. The molecule has 190 valence electrons. The lowest BCUT2D eigenvalue weighted by Gasteiger charge is -2.16. The summed E-state index contributed by atoms with van der Waals surface area (Å²) in [5.74, 6) is 1.36. The predicted molar refractivity (Wildman–Crippen MR) is 140 cm³/mol. The molecule has 8 heteroatoms. The fourth-order valence-corrected chi connectivity index (χ4v) is 4.81. The van der Waals surface area contributed by atoms with Crippen molar-refractivity contribution in [3.8, 4) is 28.5 Å². The number of nitrogens with zero attached hydrogens (tertiary/aromatic N) is 4. The van der Waals surface area contributed by atoms with Crippen LogP contribution in [-0.2, 0) is 4.79 Å². The van der Waals surface area contributed by atoms with Gasteiger partial charge in [0.05, 0.1) is 24.5 Å². The molecule has 0 aliphatic carbocycles. The molecule has 0 radical (unpaired) electrons. The summed E-state index contributed by atoms with van der Waals surface area (Å²) in [7, 11) is 1.42. The molecule has 1 amide bonds. The van der Waals surface area contributed by atoms with Crippen molar-refractivity contribution in [3.63, 3.8) is 0 Å². The summed E-state index contributed by atoms with van der Waals surface area (Å²) < 4.78 is 27.5. The monoisotopic (exact) mass is 500 g/mol. The maximum atomic E-state index is 14.5. The van der Waals surface area contributed by atoms with E-state index in [-0.39, 0.29) is 29.2 Å². The van der Waals surface area contributed by atoms with Gasteiger partial charge in [0.25, 0.3) is 0 Å². The molecule has 1 saturated heterocycles. The van der Waals surface area contributed by atoms with Crippen LogP contribution in [0.15, 0.2) is 67.5 Å². The first-order valence-electron chi connectivity index (χ1n) is 12.3. The number of rotatable bonds is 7. The van der Waals surface area contributed by atoms with Gasteiger partial charge in [0.1, 0.15) is 11.6 Å². The molecule has 1 fully saturated rings. The van der Waals surface area contributed by atoms with E-state index in [0.717, 1.165) is 34.7 Å². The quantitative estimate of drug-likeness (QED) is 0.293. The van der Waals surface area contributed by atoms with E-state index in [1.54, 1.807) is 30.3 Å². The lowest BCUT2D eigenvalue weighted by molar-refractivity contribution is -0.125.